The monoisotopic (exact) mass is 295 g/mol. The molecule has 0 heterocycles. The minimum atomic E-state index is -0.959. The van der Waals surface area contributed by atoms with Crippen molar-refractivity contribution in [1.82, 2.24) is 5.32 Å². The molecule has 1 atom stereocenters. The van der Waals surface area contributed by atoms with Crippen LogP contribution >= 0.6 is 0 Å². The number of carbonyl (C=O) groups excluding carboxylic acids is 1. The topological polar surface area (TPSA) is 107 Å². The number of hydrogen-bond donors (Lipinski definition) is 4. The Bertz CT molecular complexity index is 533. The van der Waals surface area contributed by atoms with E-state index in [2.05, 4.69) is 5.32 Å². The van der Waals surface area contributed by atoms with E-state index in [1.807, 2.05) is 20.8 Å². The highest BCUT2D eigenvalue weighted by Gasteiger charge is 2.25. The lowest BCUT2D eigenvalue weighted by Gasteiger charge is -2.23. The molecule has 0 saturated carbocycles. The molecule has 0 aromatic heterocycles. The Morgan fingerprint density at radius 1 is 1.19 bits per heavy atom. The van der Waals surface area contributed by atoms with Gasteiger partial charge in [-0.3, -0.25) is 9.59 Å². The number of phenolic OH excluding ortho intramolecular Hbond substituents is 2. The first-order valence-electron chi connectivity index (χ1n) is 6.63. The molecular weight excluding hydrogens is 274 g/mol. The van der Waals surface area contributed by atoms with Crippen molar-refractivity contribution >= 4 is 11.9 Å². The van der Waals surface area contributed by atoms with Crippen LogP contribution in [0.1, 0.15) is 37.6 Å². The SMILES string of the molecule is CC(C)(C)CC(CNC(=O)c1ccc(O)c(O)c1)C(=O)O. The molecule has 1 aromatic carbocycles. The number of rotatable bonds is 5. The number of carboxylic acid groups (broad SMARTS) is 1. The second kappa shape index (κ2) is 6.47. The maximum Gasteiger partial charge on any atom is 0.308 e. The molecule has 0 bridgehead atoms. The number of aliphatic carboxylic acids is 1. The lowest BCUT2D eigenvalue weighted by molar-refractivity contribution is -0.142. The summed E-state index contributed by atoms with van der Waals surface area (Å²) in [4.78, 5) is 23.1. The van der Waals surface area contributed by atoms with Gasteiger partial charge in [-0.15, -0.1) is 0 Å². The number of carboxylic acids is 1. The normalized spacial score (nSPS) is 12.7. The van der Waals surface area contributed by atoms with Gasteiger partial charge >= 0.3 is 5.97 Å². The van der Waals surface area contributed by atoms with Crippen LogP contribution in [-0.2, 0) is 4.79 Å². The molecule has 116 valence electrons. The molecule has 6 nitrogen and oxygen atoms in total. The zero-order chi connectivity index (χ0) is 16.2. The minimum absolute atomic E-state index is 0.00702. The predicted molar refractivity (Wildman–Crippen MR) is 77.3 cm³/mol. The highest BCUT2D eigenvalue weighted by Crippen LogP contribution is 2.26. The maximum absolute atomic E-state index is 11.9. The lowest BCUT2D eigenvalue weighted by atomic mass is 9.84. The first-order valence-corrected chi connectivity index (χ1v) is 6.63. The van der Waals surface area contributed by atoms with Crippen LogP contribution in [0.5, 0.6) is 11.5 Å². The summed E-state index contributed by atoms with van der Waals surface area (Å²) in [6, 6.07) is 3.68. The summed E-state index contributed by atoms with van der Waals surface area (Å²) in [6.07, 6.45) is 0.434. The van der Waals surface area contributed by atoms with E-state index in [1.165, 1.54) is 12.1 Å². The summed E-state index contributed by atoms with van der Waals surface area (Å²) in [6.45, 7) is 5.81. The van der Waals surface area contributed by atoms with Crippen LogP contribution in [0.15, 0.2) is 18.2 Å². The highest BCUT2D eigenvalue weighted by molar-refractivity contribution is 5.95. The summed E-state index contributed by atoms with van der Waals surface area (Å²) < 4.78 is 0. The van der Waals surface area contributed by atoms with Crippen molar-refractivity contribution in [3.63, 3.8) is 0 Å². The molecule has 0 aliphatic heterocycles. The standard InChI is InChI=1S/C15H21NO5/c1-15(2,3)7-10(14(20)21)8-16-13(19)9-4-5-11(17)12(18)6-9/h4-6,10,17-18H,7-8H2,1-3H3,(H,16,19)(H,20,21). The Morgan fingerprint density at radius 3 is 2.29 bits per heavy atom. The van der Waals surface area contributed by atoms with Gasteiger partial charge in [-0.25, -0.2) is 0 Å². The van der Waals surface area contributed by atoms with Crippen LogP contribution < -0.4 is 5.32 Å². The van der Waals surface area contributed by atoms with Gasteiger partial charge in [0.05, 0.1) is 5.92 Å². The zero-order valence-corrected chi connectivity index (χ0v) is 12.4. The van der Waals surface area contributed by atoms with E-state index in [4.69, 9.17) is 0 Å². The number of amides is 1. The van der Waals surface area contributed by atoms with Crippen LogP contribution in [0.4, 0.5) is 0 Å². The Morgan fingerprint density at radius 2 is 1.81 bits per heavy atom. The van der Waals surface area contributed by atoms with Crippen molar-refractivity contribution in [1.29, 1.82) is 0 Å². The second-order valence-electron chi connectivity index (χ2n) is 6.21. The lowest BCUT2D eigenvalue weighted by Crippen LogP contribution is -2.35. The molecule has 1 rings (SSSR count). The summed E-state index contributed by atoms with van der Waals surface area (Å²) in [7, 11) is 0. The van der Waals surface area contributed by atoms with E-state index in [0.29, 0.717) is 6.42 Å². The van der Waals surface area contributed by atoms with Crippen LogP contribution in [0, 0.1) is 11.3 Å². The van der Waals surface area contributed by atoms with Crippen LogP contribution in [0.25, 0.3) is 0 Å². The van der Waals surface area contributed by atoms with Crippen molar-refractivity contribution in [3.05, 3.63) is 23.8 Å². The van der Waals surface area contributed by atoms with Gasteiger partial charge in [0.2, 0.25) is 0 Å². The van der Waals surface area contributed by atoms with Gasteiger partial charge in [0.1, 0.15) is 0 Å². The second-order valence-corrected chi connectivity index (χ2v) is 6.21. The van der Waals surface area contributed by atoms with Crippen molar-refractivity contribution in [3.8, 4) is 11.5 Å². The molecule has 21 heavy (non-hydrogen) atoms. The van der Waals surface area contributed by atoms with E-state index < -0.39 is 23.5 Å². The fraction of sp³-hybridized carbons (Fsp3) is 0.467. The van der Waals surface area contributed by atoms with E-state index in [0.717, 1.165) is 6.07 Å². The number of benzene rings is 1. The van der Waals surface area contributed by atoms with Gasteiger partial charge in [0, 0.05) is 12.1 Å². The molecule has 0 aliphatic carbocycles. The highest BCUT2D eigenvalue weighted by atomic mass is 16.4. The molecule has 1 amide bonds. The third-order valence-corrected chi connectivity index (χ3v) is 2.95. The van der Waals surface area contributed by atoms with Crippen molar-refractivity contribution in [2.24, 2.45) is 11.3 Å². The van der Waals surface area contributed by atoms with Crippen molar-refractivity contribution < 1.29 is 24.9 Å². The molecule has 0 radical (unpaired) electrons. The van der Waals surface area contributed by atoms with Gasteiger partial charge in [-0.1, -0.05) is 20.8 Å². The molecule has 1 aromatic rings. The zero-order valence-electron chi connectivity index (χ0n) is 12.4. The molecule has 1 unspecified atom stereocenters. The Labute approximate surface area is 123 Å². The van der Waals surface area contributed by atoms with Crippen LogP contribution in [-0.4, -0.2) is 33.7 Å². The average Bonchev–Trinajstić information content (AvgIpc) is 2.35. The van der Waals surface area contributed by atoms with Crippen molar-refractivity contribution in [2.45, 2.75) is 27.2 Å². The third kappa shape index (κ3) is 5.33. The Balaban J connectivity index is 2.69. The quantitative estimate of drug-likeness (QED) is 0.621. The van der Waals surface area contributed by atoms with Gasteiger partial charge < -0.3 is 20.6 Å². The van der Waals surface area contributed by atoms with Crippen molar-refractivity contribution in [2.75, 3.05) is 6.54 Å². The number of carbonyl (C=O) groups is 2. The number of hydrogen-bond acceptors (Lipinski definition) is 4. The number of aromatic hydroxyl groups is 2. The molecule has 0 aliphatic rings. The molecular formula is C15H21NO5. The number of nitrogens with one attached hydrogen (secondary N) is 1. The summed E-state index contributed by atoms with van der Waals surface area (Å²) in [5, 5.41) is 30.2. The molecule has 6 heteroatoms. The number of phenols is 2. The largest absolute Gasteiger partial charge is 0.504 e. The van der Waals surface area contributed by atoms with E-state index in [1.54, 1.807) is 0 Å². The summed E-state index contributed by atoms with van der Waals surface area (Å²) in [5.74, 6) is -2.85. The fourth-order valence-corrected chi connectivity index (χ4v) is 1.97. The van der Waals surface area contributed by atoms with Gasteiger partial charge in [-0.2, -0.15) is 0 Å². The Hall–Kier alpha value is -2.24. The molecule has 4 N–H and O–H groups in total. The molecule has 0 spiro atoms. The maximum atomic E-state index is 11.9. The first kappa shape index (κ1) is 16.8. The smallest absolute Gasteiger partial charge is 0.308 e. The van der Waals surface area contributed by atoms with Gasteiger partial charge in [-0.05, 0) is 30.0 Å². The molecule has 0 fully saturated rings. The Kier molecular flexibility index (Phi) is 5.18. The van der Waals surface area contributed by atoms with E-state index in [-0.39, 0.29) is 23.3 Å². The van der Waals surface area contributed by atoms with Gasteiger partial charge in [0.25, 0.3) is 5.91 Å². The fourth-order valence-electron chi connectivity index (χ4n) is 1.97. The van der Waals surface area contributed by atoms with E-state index >= 15 is 0 Å². The molecule has 0 saturated heterocycles. The average molecular weight is 295 g/mol. The summed E-state index contributed by atoms with van der Waals surface area (Å²) >= 11 is 0. The summed E-state index contributed by atoms with van der Waals surface area (Å²) in [5.41, 5.74) is -0.00452. The van der Waals surface area contributed by atoms with Gasteiger partial charge in [0.15, 0.2) is 11.5 Å². The first-order chi connectivity index (χ1) is 9.60. The minimum Gasteiger partial charge on any atom is -0.504 e. The van der Waals surface area contributed by atoms with Crippen LogP contribution in [0.2, 0.25) is 0 Å². The third-order valence-electron chi connectivity index (χ3n) is 2.95. The predicted octanol–water partition coefficient (Wildman–Crippen LogP) is 1.96. The van der Waals surface area contributed by atoms with E-state index in [9.17, 15) is 24.9 Å². The van der Waals surface area contributed by atoms with Crippen LogP contribution in [0.3, 0.4) is 0 Å².